The first-order valence-electron chi connectivity index (χ1n) is 11.6. The van der Waals surface area contributed by atoms with Crippen molar-refractivity contribution in [3.63, 3.8) is 0 Å². The molecule has 0 saturated heterocycles. The second-order valence-corrected chi connectivity index (χ2v) is 9.48. The number of carbonyl (C=O) groups excluding carboxylic acids is 3. The molecule has 2 N–H and O–H groups in total. The van der Waals surface area contributed by atoms with Gasteiger partial charge >= 0.3 is 6.09 Å². The fourth-order valence-corrected chi connectivity index (χ4v) is 3.24. The van der Waals surface area contributed by atoms with E-state index >= 15 is 0 Å². The van der Waals surface area contributed by atoms with E-state index in [1.165, 1.54) is 0 Å². The second kappa shape index (κ2) is 13.3. The monoisotopic (exact) mass is 467 g/mol. The Labute approximate surface area is 204 Å². The van der Waals surface area contributed by atoms with Gasteiger partial charge in [0.15, 0.2) is 0 Å². The smallest absolute Gasteiger partial charge is 0.408 e. The Kier molecular flexibility index (Phi) is 11.2. The quantitative estimate of drug-likeness (QED) is 0.309. The zero-order valence-corrected chi connectivity index (χ0v) is 21.1. The number of terminal acetylenes is 2. The first kappa shape index (κ1) is 28.6. The van der Waals surface area contributed by atoms with Gasteiger partial charge in [-0.1, -0.05) is 51.7 Å². The molecule has 0 saturated carbocycles. The SMILES string of the molecule is C#Cc1ccc(C(C(=O)NCCCC)N(C#C)C(=O)C(CC(C)C)NC(=O)OC(C)(C)C)cc1. The molecule has 184 valence electrons. The number of alkyl carbamates (subject to hydrolysis) is 1. The molecule has 7 heteroatoms. The summed E-state index contributed by atoms with van der Waals surface area (Å²) >= 11 is 0. The van der Waals surface area contributed by atoms with E-state index < -0.39 is 35.6 Å². The molecule has 0 aromatic heterocycles. The molecule has 0 aliphatic carbocycles. The average molecular weight is 468 g/mol. The van der Waals surface area contributed by atoms with Crippen molar-refractivity contribution in [2.75, 3.05) is 6.54 Å². The molecule has 3 amide bonds. The molecule has 7 nitrogen and oxygen atoms in total. The van der Waals surface area contributed by atoms with Crippen LogP contribution in [0.3, 0.4) is 0 Å². The molecule has 0 fully saturated rings. The standard InChI is InChI=1S/C27H37N3O4/c1-9-12-17-28-24(31)23(21-15-13-20(10-2)14-16-21)30(11-3)25(32)22(18-19(4)5)29-26(33)34-27(6,7)8/h2-3,13-16,19,22-23H,9,12,17-18H2,1,4-8H3,(H,28,31)(H,29,33). The van der Waals surface area contributed by atoms with E-state index in [9.17, 15) is 14.4 Å². The maximum Gasteiger partial charge on any atom is 0.408 e. The number of nitrogens with zero attached hydrogens (tertiary/aromatic N) is 1. The van der Waals surface area contributed by atoms with Gasteiger partial charge in [0.05, 0.1) is 0 Å². The van der Waals surface area contributed by atoms with Crippen LogP contribution in [-0.4, -0.2) is 41.0 Å². The van der Waals surface area contributed by atoms with Gasteiger partial charge in [-0.15, -0.1) is 6.42 Å². The van der Waals surface area contributed by atoms with E-state index in [0.717, 1.165) is 17.7 Å². The van der Waals surface area contributed by atoms with Gasteiger partial charge in [0, 0.05) is 18.2 Å². The Balaban J connectivity index is 3.34. The summed E-state index contributed by atoms with van der Waals surface area (Å²) in [4.78, 5) is 40.2. The van der Waals surface area contributed by atoms with E-state index in [4.69, 9.17) is 17.6 Å². The first-order chi connectivity index (χ1) is 15.9. The van der Waals surface area contributed by atoms with Gasteiger partial charge in [-0.05, 0) is 57.2 Å². The number of ether oxygens (including phenoxy) is 1. The minimum Gasteiger partial charge on any atom is -0.444 e. The topological polar surface area (TPSA) is 87.7 Å². The molecular weight excluding hydrogens is 430 g/mol. The van der Waals surface area contributed by atoms with Crippen LogP contribution in [0.5, 0.6) is 0 Å². The third-order valence-electron chi connectivity index (χ3n) is 4.80. The molecule has 0 bridgehead atoms. The van der Waals surface area contributed by atoms with Gasteiger partial charge in [0.1, 0.15) is 17.7 Å². The van der Waals surface area contributed by atoms with Crippen molar-refractivity contribution in [3.8, 4) is 24.8 Å². The van der Waals surface area contributed by atoms with Crippen LogP contribution < -0.4 is 10.6 Å². The van der Waals surface area contributed by atoms with Crippen LogP contribution >= 0.6 is 0 Å². The van der Waals surface area contributed by atoms with E-state index in [1.807, 2.05) is 20.8 Å². The normalized spacial score (nSPS) is 12.6. The van der Waals surface area contributed by atoms with E-state index in [-0.39, 0.29) is 5.92 Å². The molecular formula is C27H37N3O4. The Bertz CT molecular complexity index is 917. The van der Waals surface area contributed by atoms with E-state index in [0.29, 0.717) is 24.1 Å². The fourth-order valence-electron chi connectivity index (χ4n) is 3.24. The lowest BCUT2D eigenvalue weighted by molar-refractivity contribution is -0.138. The summed E-state index contributed by atoms with van der Waals surface area (Å²) in [5.74, 6) is 1.61. The molecule has 0 aliphatic rings. The largest absolute Gasteiger partial charge is 0.444 e. The van der Waals surface area contributed by atoms with Crippen molar-refractivity contribution in [1.82, 2.24) is 15.5 Å². The summed E-state index contributed by atoms with van der Waals surface area (Å²) in [7, 11) is 0. The Morgan fingerprint density at radius 1 is 1.12 bits per heavy atom. The number of carbonyl (C=O) groups is 3. The molecule has 1 aromatic rings. The molecule has 0 heterocycles. The van der Waals surface area contributed by atoms with Crippen LogP contribution in [-0.2, 0) is 14.3 Å². The van der Waals surface area contributed by atoms with Gasteiger partial charge < -0.3 is 15.4 Å². The highest BCUT2D eigenvalue weighted by Crippen LogP contribution is 2.24. The van der Waals surface area contributed by atoms with E-state index in [1.54, 1.807) is 45.0 Å². The molecule has 2 unspecified atom stereocenters. The van der Waals surface area contributed by atoms with Crippen molar-refractivity contribution in [3.05, 3.63) is 35.4 Å². The van der Waals surface area contributed by atoms with Crippen molar-refractivity contribution >= 4 is 17.9 Å². The molecule has 0 aliphatic heterocycles. The van der Waals surface area contributed by atoms with Crippen molar-refractivity contribution in [1.29, 1.82) is 0 Å². The zero-order valence-electron chi connectivity index (χ0n) is 21.1. The van der Waals surface area contributed by atoms with Crippen LogP contribution in [0.25, 0.3) is 0 Å². The number of unbranched alkanes of at least 4 members (excludes halogenated alkanes) is 1. The summed E-state index contributed by atoms with van der Waals surface area (Å²) in [5.41, 5.74) is 0.415. The molecule has 34 heavy (non-hydrogen) atoms. The third-order valence-corrected chi connectivity index (χ3v) is 4.80. The first-order valence-corrected chi connectivity index (χ1v) is 11.6. The fraction of sp³-hybridized carbons (Fsp3) is 0.519. The predicted octanol–water partition coefficient (Wildman–Crippen LogP) is 3.98. The zero-order chi connectivity index (χ0) is 25.9. The van der Waals surface area contributed by atoms with Crippen LogP contribution in [0, 0.1) is 30.7 Å². The average Bonchev–Trinajstić information content (AvgIpc) is 2.75. The molecule has 0 radical (unpaired) electrons. The van der Waals surface area contributed by atoms with Crippen LogP contribution in [0.4, 0.5) is 4.79 Å². The van der Waals surface area contributed by atoms with Gasteiger partial charge in [0.25, 0.3) is 5.91 Å². The highest BCUT2D eigenvalue weighted by molar-refractivity contribution is 5.93. The highest BCUT2D eigenvalue weighted by atomic mass is 16.6. The highest BCUT2D eigenvalue weighted by Gasteiger charge is 2.36. The minimum atomic E-state index is -1.09. The number of hydrogen-bond acceptors (Lipinski definition) is 4. The van der Waals surface area contributed by atoms with Gasteiger partial charge in [0.2, 0.25) is 5.91 Å². The molecule has 1 aromatic carbocycles. The summed E-state index contributed by atoms with van der Waals surface area (Å²) in [6, 6.07) is 7.03. The second-order valence-electron chi connectivity index (χ2n) is 9.48. The summed E-state index contributed by atoms with van der Waals surface area (Å²) in [6.45, 7) is 11.5. The maximum absolute atomic E-state index is 13.6. The maximum atomic E-state index is 13.6. The Morgan fingerprint density at radius 2 is 1.74 bits per heavy atom. The Morgan fingerprint density at radius 3 is 2.21 bits per heavy atom. The third kappa shape index (κ3) is 9.19. The van der Waals surface area contributed by atoms with Crippen LogP contribution in [0.2, 0.25) is 0 Å². The number of amides is 3. The predicted molar refractivity (Wildman–Crippen MR) is 133 cm³/mol. The molecule has 0 spiro atoms. The van der Waals surface area contributed by atoms with Gasteiger partial charge in [-0.3, -0.25) is 14.5 Å². The number of rotatable bonds is 10. The number of hydrogen-bond donors (Lipinski definition) is 2. The summed E-state index contributed by atoms with van der Waals surface area (Å²) in [5, 5.41) is 5.48. The van der Waals surface area contributed by atoms with Gasteiger partial charge in [-0.2, -0.15) is 0 Å². The minimum absolute atomic E-state index is 0.0651. The lowest BCUT2D eigenvalue weighted by Crippen LogP contribution is -2.52. The summed E-state index contributed by atoms with van der Waals surface area (Å²) < 4.78 is 5.33. The van der Waals surface area contributed by atoms with Gasteiger partial charge in [-0.25, -0.2) is 4.79 Å². The van der Waals surface area contributed by atoms with Crippen molar-refractivity contribution in [2.24, 2.45) is 5.92 Å². The van der Waals surface area contributed by atoms with Crippen LogP contribution in [0.15, 0.2) is 24.3 Å². The van der Waals surface area contributed by atoms with Crippen LogP contribution in [0.1, 0.15) is 78.0 Å². The summed E-state index contributed by atoms with van der Waals surface area (Å²) in [6.07, 6.45) is 12.5. The molecule has 2 atom stereocenters. The Hall–Kier alpha value is -3.45. The lowest BCUT2D eigenvalue weighted by atomic mass is 9.99. The van der Waals surface area contributed by atoms with Crippen molar-refractivity contribution in [2.45, 2.75) is 78.5 Å². The van der Waals surface area contributed by atoms with E-state index in [2.05, 4.69) is 22.6 Å². The molecule has 1 rings (SSSR count). The number of nitrogens with one attached hydrogen (secondary N) is 2. The lowest BCUT2D eigenvalue weighted by Gasteiger charge is -2.31. The number of benzene rings is 1. The van der Waals surface area contributed by atoms with Crippen molar-refractivity contribution < 1.29 is 19.1 Å².